The van der Waals surface area contributed by atoms with Crippen LogP contribution in [0, 0.1) is 11.0 Å². The van der Waals surface area contributed by atoms with Gasteiger partial charge in [0.25, 0.3) is 0 Å². The highest BCUT2D eigenvalue weighted by atomic mass is 35.6. The van der Waals surface area contributed by atoms with Gasteiger partial charge in [-0.3, -0.25) is 0 Å². The van der Waals surface area contributed by atoms with Crippen molar-refractivity contribution >= 4 is 19.9 Å². The van der Waals surface area contributed by atoms with Crippen LogP contribution in [-0.2, 0) is 0 Å². The normalized spacial score (nSPS) is 5.00. The van der Waals surface area contributed by atoms with Crippen LogP contribution in [0.4, 0.5) is 0 Å². The number of hydrogen-bond donors (Lipinski definition) is 0. The predicted octanol–water partition coefficient (Wildman–Crippen LogP) is 0.325. The molecule has 0 aromatic rings. The van der Waals surface area contributed by atoms with E-state index in [0.717, 1.165) is 0 Å². The lowest BCUT2D eigenvalue weighted by atomic mass is 11.8. The fourth-order valence-electron chi connectivity index (χ4n) is 0. The molecule has 1 nitrogen and oxygen atoms in total. The van der Waals surface area contributed by atoms with E-state index in [1.54, 1.807) is 5.69 Å². The first-order chi connectivity index (χ1) is 1.91. The van der Waals surface area contributed by atoms with Crippen molar-refractivity contribution in [3.63, 3.8) is 0 Å². The van der Waals surface area contributed by atoms with Crippen molar-refractivity contribution in [1.29, 1.82) is 5.26 Å². The molecule has 4 heavy (non-hydrogen) atoms. The molecule has 0 aliphatic rings. The molecule has 0 aromatic carbocycles. The second-order valence-electron chi connectivity index (χ2n) is 0.206. The summed E-state index contributed by atoms with van der Waals surface area (Å²) in [6.07, 6.45) is 0. The topological polar surface area (TPSA) is 23.8 Å². The molecule has 0 aliphatic carbocycles. The lowest BCUT2D eigenvalue weighted by molar-refractivity contribution is 1.56. The minimum atomic E-state index is -0.0818. The van der Waals surface area contributed by atoms with Crippen LogP contribution in [0.3, 0.4) is 0 Å². The van der Waals surface area contributed by atoms with Gasteiger partial charge in [0, 0.05) is 5.69 Å². The molecule has 0 amide bonds. The number of nitrogens with zero attached hydrogens (tertiary/aromatic N) is 1. The first-order valence-corrected chi connectivity index (χ1v) is 2.67. The highest BCUT2D eigenvalue weighted by Crippen LogP contribution is 1.55. The Balaban J connectivity index is 2.43. The third-order valence-electron chi connectivity index (χ3n) is 0.0423. The largest absolute Gasteiger partial charge is 0.311 e. The van der Waals surface area contributed by atoms with Gasteiger partial charge in [0.15, 0.2) is 0 Å². The van der Waals surface area contributed by atoms with Crippen molar-refractivity contribution in [2.45, 2.75) is 0 Å². The van der Waals surface area contributed by atoms with E-state index >= 15 is 0 Å². The van der Waals surface area contributed by atoms with Gasteiger partial charge in [-0.25, -0.2) is 5.26 Å². The van der Waals surface area contributed by atoms with Crippen molar-refractivity contribution in [2.24, 2.45) is 0 Å². The van der Waals surface area contributed by atoms with Gasteiger partial charge in [-0.15, -0.1) is 11.1 Å². The van der Waals surface area contributed by atoms with Crippen molar-refractivity contribution in [3.05, 3.63) is 0 Å². The van der Waals surface area contributed by atoms with E-state index in [-0.39, 0.29) is 8.83 Å². The number of halogens is 1. The quantitative estimate of drug-likeness (QED) is 0.310. The minimum absolute atomic E-state index is 0.0818. The Morgan fingerprint density at radius 1 is 2.00 bits per heavy atom. The Hall–Kier alpha value is -0.00312. The molecule has 20 valence electrons. The van der Waals surface area contributed by atoms with Gasteiger partial charge in [0.2, 0.25) is 0 Å². The second kappa shape index (κ2) is 3.00. The zero-order valence-electron chi connectivity index (χ0n) is 1.83. The van der Waals surface area contributed by atoms with Crippen LogP contribution in [0.1, 0.15) is 0 Å². The van der Waals surface area contributed by atoms with Crippen molar-refractivity contribution < 1.29 is 0 Å². The highest BCUT2D eigenvalue weighted by Gasteiger charge is 1.61. The Labute approximate surface area is 31.7 Å². The lowest BCUT2D eigenvalue weighted by Crippen LogP contribution is -1.56. The molecule has 0 spiro atoms. The predicted molar refractivity (Wildman–Crippen MR) is 17.2 cm³/mol. The molecule has 3 heteroatoms. The third kappa shape index (κ3) is 2.00. The molecule has 0 rings (SSSR count). The van der Waals surface area contributed by atoms with E-state index in [4.69, 9.17) is 16.3 Å². The average molecular weight is 89.6 g/mol. The van der Waals surface area contributed by atoms with Gasteiger partial charge in [-0.2, -0.15) is 0 Å². The maximum Gasteiger partial charge on any atom is 0.311 e. The van der Waals surface area contributed by atoms with E-state index in [1.165, 1.54) is 0 Å². The van der Waals surface area contributed by atoms with Gasteiger partial charge in [-0.05, 0) is 0 Å². The van der Waals surface area contributed by atoms with E-state index in [0.29, 0.717) is 0 Å². The first-order valence-electron chi connectivity index (χ1n) is 0.663. The highest BCUT2D eigenvalue weighted by molar-refractivity contribution is 6.98. The van der Waals surface area contributed by atoms with Gasteiger partial charge in [-0.1, -0.05) is 0 Å². The Morgan fingerprint density at radius 3 is 2.25 bits per heavy atom. The third-order valence-corrected chi connectivity index (χ3v) is 0.380. The second-order valence-corrected chi connectivity index (χ2v) is 1.19. The standard InChI is InChI=1S/CClNSi/c2-4-1-3. The molecule has 0 heterocycles. The summed E-state index contributed by atoms with van der Waals surface area (Å²) in [5, 5.41) is 7.51. The molecule has 0 aromatic heterocycles. The van der Waals surface area contributed by atoms with Crippen LogP contribution >= 0.6 is 11.1 Å². The van der Waals surface area contributed by atoms with Crippen LogP contribution in [0.25, 0.3) is 0 Å². The molecule has 0 aliphatic heterocycles. The molecule has 0 fully saturated rings. The number of rotatable bonds is 0. The van der Waals surface area contributed by atoms with E-state index in [1.807, 2.05) is 0 Å². The Morgan fingerprint density at radius 2 is 2.25 bits per heavy atom. The summed E-state index contributed by atoms with van der Waals surface area (Å²) >= 11 is 4.85. The first kappa shape index (κ1) is 4.00. The van der Waals surface area contributed by atoms with Gasteiger partial charge >= 0.3 is 8.83 Å². The summed E-state index contributed by atoms with van der Waals surface area (Å²) in [4.78, 5) is 0. The molecule has 2 radical (unpaired) electrons. The summed E-state index contributed by atoms with van der Waals surface area (Å²) in [6, 6.07) is 0. The molecule has 0 N–H and O–H groups in total. The summed E-state index contributed by atoms with van der Waals surface area (Å²) in [5.41, 5.74) is 1.72. The molecular formula is CClNSi. The zero-order valence-corrected chi connectivity index (χ0v) is 3.58. The van der Waals surface area contributed by atoms with E-state index in [9.17, 15) is 0 Å². The molecule has 0 saturated heterocycles. The van der Waals surface area contributed by atoms with Crippen molar-refractivity contribution in [2.75, 3.05) is 0 Å². The van der Waals surface area contributed by atoms with Crippen LogP contribution < -0.4 is 0 Å². The molecule has 0 atom stereocenters. The molecule has 0 bridgehead atoms. The maximum absolute atomic E-state index is 7.51. The van der Waals surface area contributed by atoms with Crippen LogP contribution in [0.2, 0.25) is 0 Å². The van der Waals surface area contributed by atoms with E-state index in [2.05, 4.69) is 0 Å². The summed E-state index contributed by atoms with van der Waals surface area (Å²) in [7, 11) is -0.0818. The van der Waals surface area contributed by atoms with Crippen LogP contribution in [0.5, 0.6) is 0 Å². The minimum Gasteiger partial charge on any atom is -0.206 e. The number of nitriles is 1. The molecular weight excluding hydrogens is 89.6 g/mol. The van der Waals surface area contributed by atoms with Crippen LogP contribution in [-0.4, -0.2) is 8.83 Å². The lowest BCUT2D eigenvalue weighted by Gasteiger charge is -1.38. The van der Waals surface area contributed by atoms with Gasteiger partial charge < -0.3 is 0 Å². The van der Waals surface area contributed by atoms with Crippen molar-refractivity contribution in [1.82, 2.24) is 0 Å². The van der Waals surface area contributed by atoms with Crippen LogP contribution in [0.15, 0.2) is 0 Å². The molecule has 0 saturated carbocycles. The fraction of sp³-hybridized carbons (Fsp3) is 0. The average Bonchev–Trinajstić information content (AvgIpc) is 1.37. The monoisotopic (exact) mass is 88.9 g/mol. The van der Waals surface area contributed by atoms with Gasteiger partial charge in [0.05, 0.1) is 0 Å². The van der Waals surface area contributed by atoms with Gasteiger partial charge in [0.1, 0.15) is 0 Å². The van der Waals surface area contributed by atoms with Crippen molar-refractivity contribution in [3.8, 4) is 5.69 Å². The fourth-order valence-corrected chi connectivity index (χ4v) is 0. The SMILES string of the molecule is N#C[Si]Cl. The van der Waals surface area contributed by atoms with E-state index < -0.39 is 0 Å². The maximum atomic E-state index is 7.51. The Kier molecular flexibility index (Phi) is 2.99. The Bertz CT molecular complexity index is 37.8. The summed E-state index contributed by atoms with van der Waals surface area (Å²) in [6.45, 7) is 0. The zero-order chi connectivity index (χ0) is 3.41. The summed E-state index contributed by atoms with van der Waals surface area (Å²) in [5.74, 6) is 0. The number of hydrogen-bond acceptors (Lipinski definition) is 1. The molecule has 0 unspecified atom stereocenters. The smallest absolute Gasteiger partial charge is 0.206 e. The summed E-state index contributed by atoms with van der Waals surface area (Å²) < 4.78 is 0.